The van der Waals surface area contributed by atoms with Gasteiger partial charge in [-0.2, -0.15) is 5.11 Å². The minimum Gasteiger partial charge on any atom is -0.481 e. The molecule has 14 heteroatoms. The minimum atomic E-state index is -3.08. The van der Waals surface area contributed by atoms with Crippen LogP contribution in [0.3, 0.4) is 0 Å². The van der Waals surface area contributed by atoms with Gasteiger partial charge in [0.15, 0.2) is 0 Å². The zero-order chi connectivity index (χ0) is 34.5. The van der Waals surface area contributed by atoms with Crippen molar-refractivity contribution in [2.45, 2.75) is 50.6 Å². The van der Waals surface area contributed by atoms with Gasteiger partial charge in [-0.25, -0.2) is 20.0 Å². The summed E-state index contributed by atoms with van der Waals surface area (Å²) >= 11 is 0. The fraction of sp³-hybridized carbons (Fsp3) is 0.273. The summed E-state index contributed by atoms with van der Waals surface area (Å²) in [5.41, 5.74) is 10.0. The van der Waals surface area contributed by atoms with Gasteiger partial charge in [-0.3, -0.25) is 19.2 Å². The van der Waals surface area contributed by atoms with Gasteiger partial charge in [-0.05, 0) is 35.7 Å². The molecule has 0 saturated carbocycles. The number of carboxylic acid groups (broad SMARTS) is 1. The number of urea groups is 1. The van der Waals surface area contributed by atoms with Crippen molar-refractivity contribution >= 4 is 41.3 Å². The van der Waals surface area contributed by atoms with Gasteiger partial charge in [0, 0.05) is 26.2 Å². The second-order valence-electron chi connectivity index (χ2n) is 11.1. The molecule has 0 spiro atoms. The summed E-state index contributed by atoms with van der Waals surface area (Å²) in [4.78, 5) is 85.0. The van der Waals surface area contributed by atoms with Gasteiger partial charge in [0.05, 0.1) is 19.0 Å². The molecule has 3 aromatic rings. The van der Waals surface area contributed by atoms with E-state index in [0.717, 1.165) is 11.8 Å². The number of aliphatic carboxylic acids is 1. The van der Waals surface area contributed by atoms with Gasteiger partial charge < -0.3 is 25.4 Å². The number of esters is 2. The molecule has 3 amide bonds. The van der Waals surface area contributed by atoms with Crippen LogP contribution in [0.1, 0.15) is 37.0 Å². The number of anilines is 1. The number of para-hydroxylation sites is 1. The maximum Gasteiger partial charge on any atom is 0.369 e. The Labute approximate surface area is 270 Å². The smallest absolute Gasteiger partial charge is 0.369 e. The molecule has 1 aliphatic rings. The molecule has 4 N–H and O–H groups in total. The van der Waals surface area contributed by atoms with Crippen molar-refractivity contribution in [3.8, 4) is 0 Å². The molecular formula is C33H34N6O8. The second-order valence-corrected chi connectivity index (χ2v) is 11.1. The number of Topliss-reactive ketones (excluding diaryl/α,β-unsaturated/α-hetero) is 1. The number of ketones is 1. The molecule has 3 aromatic carbocycles. The lowest BCUT2D eigenvalue weighted by atomic mass is 9.87. The molecular weight excluding hydrogens is 608 g/mol. The molecule has 1 heterocycles. The van der Waals surface area contributed by atoms with Crippen LogP contribution in [0.2, 0.25) is 0 Å². The number of imide groups is 1. The Morgan fingerprint density at radius 2 is 1.55 bits per heavy atom. The van der Waals surface area contributed by atoms with Gasteiger partial charge in [0.25, 0.3) is 11.6 Å². The lowest BCUT2D eigenvalue weighted by Gasteiger charge is -2.44. The van der Waals surface area contributed by atoms with Crippen LogP contribution in [-0.2, 0) is 47.3 Å². The molecule has 47 heavy (non-hydrogen) atoms. The number of rotatable bonds is 13. The minimum absolute atomic E-state index is 0.0710. The van der Waals surface area contributed by atoms with E-state index in [1.807, 2.05) is 0 Å². The maximum atomic E-state index is 15.0. The normalized spacial score (nSPS) is 17.9. The number of nitrogens with zero attached hydrogens (tertiary/aromatic N) is 4. The Hall–Kier alpha value is -5.76. The standard InChI is InChI=1S/C33H34N6O8/c1-21(40)47-30(45)33(28(43)26(34)18-27(41)42,37(3)25-12-8-5-9-13-25)39-29(44)32(2,24-16-14-22(15-17-24)19-36-35)38(31(39)46)20-23-10-6-4-7-11-23/h4-17,26,35H,18-20,34H2,1-3H3,(H,41,42)/t26-,32+,33-/m0/s1. The van der Waals surface area contributed by atoms with Crippen molar-refractivity contribution in [3.05, 3.63) is 102 Å². The molecule has 1 saturated heterocycles. The molecule has 3 atom stereocenters. The van der Waals surface area contributed by atoms with E-state index in [1.54, 1.807) is 72.8 Å². The number of amides is 3. The molecule has 0 aliphatic carbocycles. The Balaban J connectivity index is 2.05. The largest absolute Gasteiger partial charge is 0.481 e. The number of hydrogen-bond acceptors (Lipinski definition) is 11. The van der Waals surface area contributed by atoms with E-state index in [0.29, 0.717) is 21.6 Å². The van der Waals surface area contributed by atoms with E-state index in [4.69, 9.17) is 16.0 Å². The zero-order valence-corrected chi connectivity index (χ0v) is 26.0. The lowest BCUT2D eigenvalue weighted by Crippen LogP contribution is -2.74. The summed E-state index contributed by atoms with van der Waals surface area (Å²) < 4.78 is 4.98. The first-order chi connectivity index (χ1) is 22.3. The highest BCUT2D eigenvalue weighted by Crippen LogP contribution is 2.44. The van der Waals surface area contributed by atoms with Crippen LogP contribution in [-0.4, -0.2) is 69.3 Å². The highest BCUT2D eigenvalue weighted by Gasteiger charge is 2.69. The number of nitrogens with two attached hydrogens (primary N) is 1. The highest BCUT2D eigenvalue weighted by atomic mass is 16.6. The summed E-state index contributed by atoms with van der Waals surface area (Å²) in [6, 6.07) is 19.8. The number of nitrogens with one attached hydrogen (secondary N) is 1. The summed E-state index contributed by atoms with van der Waals surface area (Å²) in [7, 11) is 1.24. The SMILES string of the molecule is CC(=O)OC(=O)[C@](C(=O)[C@@H](N)CC(=O)O)(N1C(=O)N(Cc2ccccc2)[C@](C)(c2ccc(CN=N)cc2)C1=O)N(C)c1ccccc1. The summed E-state index contributed by atoms with van der Waals surface area (Å²) in [6.45, 7) is 2.26. The predicted molar refractivity (Wildman–Crippen MR) is 166 cm³/mol. The fourth-order valence-electron chi connectivity index (χ4n) is 5.65. The Morgan fingerprint density at radius 1 is 0.979 bits per heavy atom. The van der Waals surface area contributed by atoms with Crippen molar-refractivity contribution in [3.63, 3.8) is 0 Å². The monoisotopic (exact) mass is 642 g/mol. The van der Waals surface area contributed by atoms with Gasteiger partial charge in [0.2, 0.25) is 5.78 Å². The first-order valence-corrected chi connectivity index (χ1v) is 14.5. The van der Waals surface area contributed by atoms with Gasteiger partial charge >= 0.3 is 23.9 Å². The third-order valence-electron chi connectivity index (χ3n) is 8.09. The van der Waals surface area contributed by atoms with Crippen LogP contribution in [0.5, 0.6) is 0 Å². The van der Waals surface area contributed by atoms with Crippen molar-refractivity contribution < 1.29 is 38.6 Å². The number of carbonyl (C=O) groups is 6. The van der Waals surface area contributed by atoms with Crippen LogP contribution >= 0.6 is 0 Å². The first-order valence-electron chi connectivity index (χ1n) is 14.5. The lowest BCUT2D eigenvalue weighted by molar-refractivity contribution is -0.172. The quantitative estimate of drug-likeness (QED) is 0.107. The highest BCUT2D eigenvalue weighted by molar-refractivity contribution is 6.23. The van der Waals surface area contributed by atoms with E-state index >= 15 is 0 Å². The molecule has 1 fully saturated rings. The number of hydrogen-bond donors (Lipinski definition) is 3. The van der Waals surface area contributed by atoms with Crippen molar-refractivity contribution in [2.24, 2.45) is 10.8 Å². The van der Waals surface area contributed by atoms with Crippen molar-refractivity contribution in [1.82, 2.24) is 9.80 Å². The first kappa shape index (κ1) is 34.1. The molecule has 0 unspecified atom stereocenters. The topological polar surface area (TPSA) is 204 Å². The Morgan fingerprint density at radius 3 is 2.09 bits per heavy atom. The third-order valence-corrected chi connectivity index (χ3v) is 8.09. The summed E-state index contributed by atoms with van der Waals surface area (Å²) in [5, 5.41) is 12.9. The molecule has 0 aromatic heterocycles. The predicted octanol–water partition coefficient (Wildman–Crippen LogP) is 3.19. The van der Waals surface area contributed by atoms with Gasteiger partial charge in [-0.15, -0.1) is 0 Å². The average Bonchev–Trinajstić information content (AvgIpc) is 3.23. The molecule has 4 rings (SSSR count). The molecule has 244 valence electrons. The fourth-order valence-corrected chi connectivity index (χ4v) is 5.65. The van der Waals surface area contributed by atoms with Crippen molar-refractivity contribution in [1.29, 1.82) is 5.53 Å². The number of ether oxygens (including phenoxy) is 1. The van der Waals surface area contributed by atoms with E-state index < -0.39 is 59.3 Å². The van der Waals surface area contributed by atoms with Crippen LogP contribution in [0.25, 0.3) is 0 Å². The Kier molecular flexibility index (Phi) is 9.95. The maximum absolute atomic E-state index is 15.0. The average molecular weight is 643 g/mol. The zero-order valence-electron chi connectivity index (χ0n) is 26.0. The second kappa shape index (κ2) is 13.7. The van der Waals surface area contributed by atoms with E-state index in [1.165, 1.54) is 31.0 Å². The number of likely N-dealkylation sites (N-methyl/N-ethyl adjacent to an activating group) is 1. The van der Waals surface area contributed by atoms with Gasteiger partial charge in [0.1, 0.15) is 5.54 Å². The van der Waals surface area contributed by atoms with Crippen LogP contribution < -0.4 is 10.6 Å². The molecule has 0 bridgehead atoms. The number of carboxylic acids is 1. The third kappa shape index (κ3) is 6.22. The van der Waals surface area contributed by atoms with Crippen LogP contribution in [0, 0.1) is 5.53 Å². The van der Waals surface area contributed by atoms with Crippen molar-refractivity contribution in [2.75, 3.05) is 11.9 Å². The van der Waals surface area contributed by atoms with E-state index in [9.17, 15) is 33.9 Å². The molecule has 14 nitrogen and oxygen atoms in total. The number of carbonyl (C=O) groups excluding carboxylic acids is 5. The number of benzene rings is 3. The van der Waals surface area contributed by atoms with E-state index in [-0.39, 0.29) is 18.8 Å². The van der Waals surface area contributed by atoms with Crippen LogP contribution in [0.15, 0.2) is 90.0 Å². The van der Waals surface area contributed by atoms with E-state index in [2.05, 4.69) is 5.11 Å². The summed E-state index contributed by atoms with van der Waals surface area (Å²) in [5.74, 6) is -6.68. The molecule has 1 aliphatic heterocycles. The summed E-state index contributed by atoms with van der Waals surface area (Å²) in [6.07, 6.45) is -0.972. The molecule has 0 radical (unpaired) electrons. The van der Waals surface area contributed by atoms with Crippen LogP contribution in [0.4, 0.5) is 10.5 Å². The Bertz CT molecular complexity index is 1700. The van der Waals surface area contributed by atoms with Gasteiger partial charge in [-0.1, -0.05) is 72.8 Å².